The Kier molecular flexibility index (Phi) is 2.86. The van der Waals surface area contributed by atoms with Crippen LogP contribution in [-0.2, 0) is 4.74 Å². The number of carboxylic acid groups (broad SMARTS) is 1. The van der Waals surface area contributed by atoms with E-state index in [0.717, 1.165) is 11.1 Å². The third-order valence-corrected chi connectivity index (χ3v) is 2.00. The Morgan fingerprint density at radius 2 is 1.93 bits per heavy atom. The molecule has 0 spiro atoms. The first-order valence-corrected chi connectivity index (χ1v) is 4.03. The van der Waals surface area contributed by atoms with E-state index < -0.39 is 12.1 Å². The minimum Gasteiger partial charge on any atom is -0.449 e. The van der Waals surface area contributed by atoms with Crippen LogP contribution in [0.1, 0.15) is 21.5 Å². The van der Waals surface area contributed by atoms with Crippen LogP contribution in [-0.4, -0.2) is 17.2 Å². The second kappa shape index (κ2) is 3.91. The number of aryl methyl sites for hydroxylation is 1. The number of hydrogen-bond donors (Lipinski definition) is 1. The molecule has 1 rings (SSSR count). The van der Waals surface area contributed by atoms with Gasteiger partial charge in [-0.15, -0.1) is 0 Å². The number of carbonyl (C=O) groups excluding carboxylic acids is 1. The maximum atomic E-state index is 11.2. The van der Waals surface area contributed by atoms with Gasteiger partial charge in [-0.25, -0.2) is 9.59 Å². The first-order chi connectivity index (χ1) is 6.52. The van der Waals surface area contributed by atoms with Crippen molar-refractivity contribution in [1.82, 2.24) is 0 Å². The molecule has 0 bridgehead atoms. The van der Waals surface area contributed by atoms with Gasteiger partial charge in [0.15, 0.2) is 0 Å². The summed E-state index contributed by atoms with van der Waals surface area (Å²) in [7, 11) is 0. The van der Waals surface area contributed by atoms with E-state index in [1.165, 1.54) is 6.07 Å². The molecule has 14 heavy (non-hydrogen) atoms. The van der Waals surface area contributed by atoms with Gasteiger partial charge < -0.3 is 9.84 Å². The quantitative estimate of drug-likeness (QED) is 0.549. The van der Waals surface area contributed by atoms with Gasteiger partial charge in [0.25, 0.3) is 0 Å². The van der Waals surface area contributed by atoms with Crippen LogP contribution in [0.2, 0.25) is 0 Å². The molecule has 0 saturated heterocycles. The van der Waals surface area contributed by atoms with Crippen LogP contribution in [0.5, 0.6) is 0 Å². The lowest BCUT2D eigenvalue weighted by molar-refractivity contribution is 0.0508. The van der Waals surface area contributed by atoms with E-state index >= 15 is 0 Å². The zero-order valence-electron chi connectivity index (χ0n) is 7.90. The maximum Gasteiger partial charge on any atom is 0.513 e. The van der Waals surface area contributed by atoms with Crippen molar-refractivity contribution in [3.05, 3.63) is 34.9 Å². The topological polar surface area (TPSA) is 63.6 Å². The van der Waals surface area contributed by atoms with Crippen molar-refractivity contribution in [3.8, 4) is 0 Å². The summed E-state index contributed by atoms with van der Waals surface area (Å²) < 4.78 is 4.05. The molecular weight excluding hydrogens is 184 g/mol. The fourth-order valence-electron chi connectivity index (χ4n) is 1.11. The first-order valence-electron chi connectivity index (χ1n) is 4.03. The molecule has 0 aliphatic heterocycles. The second-order valence-electron chi connectivity index (χ2n) is 2.90. The molecule has 0 saturated carbocycles. The summed E-state index contributed by atoms with van der Waals surface area (Å²) in [4.78, 5) is 21.4. The summed E-state index contributed by atoms with van der Waals surface area (Å²) >= 11 is 0. The number of hydrogen-bond acceptors (Lipinski definition) is 3. The highest BCUT2D eigenvalue weighted by Crippen LogP contribution is 2.13. The molecule has 4 nitrogen and oxygen atoms in total. The fraction of sp³-hybridized carbons (Fsp3) is 0.200. The molecule has 0 radical (unpaired) electrons. The molecule has 1 aromatic carbocycles. The summed E-state index contributed by atoms with van der Waals surface area (Å²) in [5.74, 6) is -0.835. The largest absolute Gasteiger partial charge is 0.513 e. The highest BCUT2D eigenvalue weighted by Gasteiger charge is 2.14. The lowest BCUT2D eigenvalue weighted by atomic mass is 10.0. The van der Waals surface area contributed by atoms with Gasteiger partial charge in [-0.3, -0.25) is 0 Å². The SMILES string of the molecule is Cc1cccc(C(=O)OC(=O)O)c1C. The Labute approximate surface area is 81.1 Å². The number of carbonyl (C=O) groups is 2. The van der Waals surface area contributed by atoms with Crippen LogP contribution in [0.15, 0.2) is 18.2 Å². The van der Waals surface area contributed by atoms with Crippen LogP contribution in [0.3, 0.4) is 0 Å². The average Bonchev–Trinajstić information content (AvgIpc) is 2.08. The molecule has 0 aliphatic rings. The van der Waals surface area contributed by atoms with Gasteiger partial charge in [-0.1, -0.05) is 12.1 Å². The normalized spacial score (nSPS) is 9.57. The van der Waals surface area contributed by atoms with Crippen LogP contribution >= 0.6 is 0 Å². The highest BCUT2D eigenvalue weighted by molar-refractivity contribution is 5.96. The van der Waals surface area contributed by atoms with Crippen LogP contribution in [0.4, 0.5) is 4.79 Å². The Bertz CT molecular complexity index is 382. The molecule has 0 unspecified atom stereocenters. The maximum absolute atomic E-state index is 11.2. The van der Waals surface area contributed by atoms with Crippen molar-refractivity contribution >= 4 is 12.1 Å². The number of esters is 1. The summed E-state index contributed by atoms with van der Waals surface area (Å²) in [6.45, 7) is 3.58. The van der Waals surface area contributed by atoms with Crippen molar-refractivity contribution in [1.29, 1.82) is 0 Å². The Morgan fingerprint density at radius 3 is 2.50 bits per heavy atom. The van der Waals surface area contributed by atoms with E-state index in [-0.39, 0.29) is 5.56 Å². The van der Waals surface area contributed by atoms with E-state index in [2.05, 4.69) is 4.74 Å². The van der Waals surface area contributed by atoms with Crippen LogP contribution < -0.4 is 0 Å². The third-order valence-electron chi connectivity index (χ3n) is 2.00. The summed E-state index contributed by atoms with van der Waals surface area (Å²) in [6, 6.07) is 5.06. The van der Waals surface area contributed by atoms with Gasteiger partial charge in [0.1, 0.15) is 0 Å². The fourth-order valence-corrected chi connectivity index (χ4v) is 1.11. The lowest BCUT2D eigenvalue weighted by Crippen LogP contribution is -2.11. The van der Waals surface area contributed by atoms with Crippen LogP contribution in [0, 0.1) is 13.8 Å². The molecule has 0 amide bonds. The Hall–Kier alpha value is -1.84. The minimum absolute atomic E-state index is 0.285. The zero-order valence-corrected chi connectivity index (χ0v) is 7.90. The summed E-state index contributed by atoms with van der Waals surface area (Å²) in [6.07, 6.45) is -1.59. The molecular formula is C10H10O4. The van der Waals surface area contributed by atoms with Crippen LogP contribution in [0.25, 0.3) is 0 Å². The monoisotopic (exact) mass is 194 g/mol. The zero-order chi connectivity index (χ0) is 10.7. The molecule has 1 aromatic rings. The van der Waals surface area contributed by atoms with Crippen molar-refractivity contribution in [2.24, 2.45) is 0 Å². The third kappa shape index (κ3) is 2.10. The van der Waals surface area contributed by atoms with Gasteiger partial charge >= 0.3 is 12.1 Å². The molecule has 0 fully saturated rings. The molecule has 0 heterocycles. The predicted octanol–water partition coefficient (Wildman–Crippen LogP) is 2.14. The Balaban J connectivity index is 3.01. The highest BCUT2D eigenvalue weighted by atomic mass is 16.7. The van der Waals surface area contributed by atoms with Gasteiger partial charge in [0.05, 0.1) is 5.56 Å². The molecule has 0 aromatic heterocycles. The summed E-state index contributed by atoms with van der Waals surface area (Å²) in [5, 5.41) is 8.26. The molecule has 0 aliphatic carbocycles. The number of ether oxygens (including phenoxy) is 1. The van der Waals surface area contributed by atoms with Gasteiger partial charge in [0, 0.05) is 0 Å². The van der Waals surface area contributed by atoms with Crippen molar-refractivity contribution in [2.75, 3.05) is 0 Å². The van der Waals surface area contributed by atoms with Gasteiger partial charge in [-0.2, -0.15) is 0 Å². The van der Waals surface area contributed by atoms with Crippen molar-refractivity contribution in [3.63, 3.8) is 0 Å². The van der Waals surface area contributed by atoms with E-state index in [1.54, 1.807) is 13.0 Å². The number of benzene rings is 1. The lowest BCUT2D eigenvalue weighted by Gasteiger charge is -2.05. The van der Waals surface area contributed by atoms with E-state index in [0.29, 0.717) is 0 Å². The standard InChI is InChI=1S/C10H10O4/c1-6-4-3-5-8(7(6)2)9(11)14-10(12)13/h3-5H,1-2H3,(H,12,13). The van der Waals surface area contributed by atoms with Gasteiger partial charge in [-0.05, 0) is 31.0 Å². The second-order valence-corrected chi connectivity index (χ2v) is 2.90. The van der Waals surface area contributed by atoms with Crippen molar-refractivity contribution < 1.29 is 19.4 Å². The van der Waals surface area contributed by atoms with E-state index in [1.807, 2.05) is 13.0 Å². The first kappa shape index (κ1) is 10.2. The average molecular weight is 194 g/mol. The predicted molar refractivity (Wildman–Crippen MR) is 49.4 cm³/mol. The number of rotatable bonds is 1. The van der Waals surface area contributed by atoms with Gasteiger partial charge in [0.2, 0.25) is 0 Å². The Morgan fingerprint density at radius 1 is 1.29 bits per heavy atom. The molecule has 0 atom stereocenters. The summed E-state index contributed by atoms with van der Waals surface area (Å²) in [5.41, 5.74) is 1.94. The molecule has 74 valence electrons. The molecule has 4 heteroatoms. The van der Waals surface area contributed by atoms with Crippen molar-refractivity contribution in [2.45, 2.75) is 13.8 Å². The van der Waals surface area contributed by atoms with E-state index in [9.17, 15) is 9.59 Å². The molecule has 1 N–H and O–H groups in total. The smallest absolute Gasteiger partial charge is 0.449 e. The minimum atomic E-state index is -1.59. The van der Waals surface area contributed by atoms with E-state index in [4.69, 9.17) is 5.11 Å².